The molecule has 1 saturated heterocycles. The first-order valence-electron chi connectivity index (χ1n) is 11.0. The smallest absolute Gasteiger partial charge is 0.272 e. The topological polar surface area (TPSA) is 59.2 Å². The lowest BCUT2D eigenvalue weighted by molar-refractivity contribution is 0.0580. The van der Waals surface area contributed by atoms with Gasteiger partial charge in [-0.1, -0.05) is 44.2 Å². The van der Waals surface area contributed by atoms with E-state index in [1.807, 2.05) is 43.5 Å². The zero-order valence-corrected chi connectivity index (χ0v) is 18.9. The largest absolute Gasteiger partial charge is 0.336 e. The normalized spacial score (nSPS) is 16.1. The zero-order chi connectivity index (χ0) is 22.0. The fraction of sp³-hybridized carbons (Fsp3) is 0.458. The molecular weight excluding hydrogens is 388 g/mol. The van der Waals surface area contributed by atoms with E-state index in [0.29, 0.717) is 24.7 Å². The van der Waals surface area contributed by atoms with Crippen molar-refractivity contribution >= 4 is 5.91 Å². The lowest BCUT2D eigenvalue weighted by Gasteiger charge is -2.39. The molecule has 1 aromatic carbocycles. The molecule has 1 amide bonds. The van der Waals surface area contributed by atoms with E-state index in [1.165, 1.54) is 5.56 Å². The predicted octanol–water partition coefficient (Wildman–Crippen LogP) is 2.90. The van der Waals surface area contributed by atoms with Crippen molar-refractivity contribution in [2.24, 2.45) is 20.0 Å². The van der Waals surface area contributed by atoms with Crippen LogP contribution in [0, 0.1) is 5.92 Å². The van der Waals surface area contributed by atoms with Crippen LogP contribution < -0.4 is 0 Å². The van der Waals surface area contributed by atoms with Gasteiger partial charge in [0.2, 0.25) is 0 Å². The molecule has 1 fully saturated rings. The van der Waals surface area contributed by atoms with Crippen molar-refractivity contribution in [2.45, 2.75) is 26.3 Å². The molecule has 1 atom stereocenters. The maximum Gasteiger partial charge on any atom is 0.272 e. The van der Waals surface area contributed by atoms with Crippen LogP contribution in [0.3, 0.4) is 0 Å². The van der Waals surface area contributed by atoms with Gasteiger partial charge in [-0.3, -0.25) is 14.4 Å². The second-order valence-electron chi connectivity index (χ2n) is 8.78. The Bertz CT molecular complexity index is 1010. The van der Waals surface area contributed by atoms with Gasteiger partial charge in [-0.2, -0.15) is 5.10 Å². The molecule has 1 unspecified atom stereocenters. The van der Waals surface area contributed by atoms with Crippen LogP contribution in [0.2, 0.25) is 0 Å². The fourth-order valence-electron chi connectivity index (χ4n) is 4.39. The summed E-state index contributed by atoms with van der Waals surface area (Å²) < 4.78 is 3.81. The van der Waals surface area contributed by atoms with Gasteiger partial charge in [-0.25, -0.2) is 4.98 Å². The van der Waals surface area contributed by atoms with Crippen LogP contribution in [0.4, 0.5) is 0 Å². The molecule has 0 N–H and O–H groups in total. The summed E-state index contributed by atoms with van der Waals surface area (Å²) in [5, 5.41) is 4.54. The average Bonchev–Trinajstić information content (AvgIpc) is 3.34. The van der Waals surface area contributed by atoms with Gasteiger partial charge in [-0.15, -0.1) is 0 Å². The molecule has 3 heterocycles. The van der Waals surface area contributed by atoms with Gasteiger partial charge >= 0.3 is 0 Å². The number of amides is 1. The Labute approximate surface area is 184 Å². The third-order valence-electron chi connectivity index (χ3n) is 5.95. The minimum atomic E-state index is 0.0675. The van der Waals surface area contributed by atoms with Crippen LogP contribution >= 0.6 is 0 Å². The molecule has 31 heavy (non-hydrogen) atoms. The first-order valence-corrected chi connectivity index (χ1v) is 11.0. The molecule has 4 rings (SSSR count). The summed E-state index contributed by atoms with van der Waals surface area (Å²) in [5.41, 5.74) is 2.88. The molecule has 0 radical (unpaired) electrons. The van der Waals surface area contributed by atoms with Gasteiger partial charge in [0.25, 0.3) is 5.91 Å². The third kappa shape index (κ3) is 4.56. The number of carbonyl (C=O) groups is 1. The SMILES string of the molecule is CC(C)Cc1cc(C(=O)N2CCN(C(c3ccccc3)c3nccn3C)CC2)n(C)n1. The highest BCUT2D eigenvalue weighted by molar-refractivity contribution is 5.92. The summed E-state index contributed by atoms with van der Waals surface area (Å²) in [6.07, 6.45) is 4.72. The van der Waals surface area contributed by atoms with Crippen molar-refractivity contribution in [3.63, 3.8) is 0 Å². The Hall–Kier alpha value is -2.93. The predicted molar refractivity (Wildman–Crippen MR) is 121 cm³/mol. The van der Waals surface area contributed by atoms with E-state index in [0.717, 1.165) is 31.0 Å². The Kier molecular flexibility index (Phi) is 6.23. The minimum absolute atomic E-state index is 0.0675. The van der Waals surface area contributed by atoms with Gasteiger partial charge in [0, 0.05) is 52.7 Å². The van der Waals surface area contributed by atoms with Crippen molar-refractivity contribution in [3.05, 3.63) is 71.6 Å². The van der Waals surface area contributed by atoms with Crippen molar-refractivity contribution in [1.29, 1.82) is 0 Å². The average molecular weight is 421 g/mol. The molecule has 164 valence electrons. The standard InChI is InChI=1S/C24H32N6O/c1-18(2)16-20-17-21(28(4)26-20)24(31)30-14-12-29(13-15-30)22(19-8-6-5-7-9-19)23-25-10-11-27(23)3/h5-11,17-18,22H,12-16H2,1-4H3. The van der Waals surface area contributed by atoms with E-state index < -0.39 is 0 Å². The van der Waals surface area contributed by atoms with Crippen molar-refractivity contribution < 1.29 is 4.79 Å². The molecule has 2 aromatic heterocycles. The highest BCUT2D eigenvalue weighted by Gasteiger charge is 2.31. The Morgan fingerprint density at radius 3 is 2.39 bits per heavy atom. The van der Waals surface area contributed by atoms with Crippen molar-refractivity contribution in [2.75, 3.05) is 26.2 Å². The van der Waals surface area contributed by atoms with E-state index in [-0.39, 0.29) is 11.9 Å². The number of piperazine rings is 1. The van der Waals surface area contributed by atoms with Gasteiger partial charge in [-0.05, 0) is 24.0 Å². The van der Waals surface area contributed by atoms with E-state index in [2.05, 4.69) is 57.7 Å². The summed E-state index contributed by atoms with van der Waals surface area (Å²) in [7, 11) is 3.90. The maximum atomic E-state index is 13.2. The molecule has 0 bridgehead atoms. The Morgan fingerprint density at radius 2 is 1.77 bits per heavy atom. The minimum Gasteiger partial charge on any atom is -0.336 e. The number of benzene rings is 1. The molecule has 1 aliphatic heterocycles. The van der Waals surface area contributed by atoms with Crippen LogP contribution in [0.1, 0.15) is 47.5 Å². The van der Waals surface area contributed by atoms with Crippen LogP contribution in [0.25, 0.3) is 0 Å². The molecule has 0 aliphatic carbocycles. The van der Waals surface area contributed by atoms with Crippen molar-refractivity contribution in [3.8, 4) is 0 Å². The van der Waals surface area contributed by atoms with Crippen LogP contribution in [0.15, 0.2) is 48.8 Å². The summed E-state index contributed by atoms with van der Waals surface area (Å²) in [6.45, 7) is 7.32. The van der Waals surface area contributed by atoms with E-state index >= 15 is 0 Å². The van der Waals surface area contributed by atoms with Crippen LogP contribution in [-0.2, 0) is 20.5 Å². The highest BCUT2D eigenvalue weighted by Crippen LogP contribution is 2.28. The van der Waals surface area contributed by atoms with Crippen molar-refractivity contribution in [1.82, 2.24) is 29.1 Å². The number of hydrogen-bond acceptors (Lipinski definition) is 4. The quantitative estimate of drug-likeness (QED) is 0.615. The summed E-state index contributed by atoms with van der Waals surface area (Å²) >= 11 is 0. The van der Waals surface area contributed by atoms with Gasteiger partial charge in [0.15, 0.2) is 0 Å². The van der Waals surface area contributed by atoms with Gasteiger partial charge in [0.05, 0.1) is 11.7 Å². The first-order chi connectivity index (χ1) is 14.9. The monoisotopic (exact) mass is 420 g/mol. The second kappa shape index (κ2) is 9.06. The molecule has 3 aromatic rings. The van der Waals surface area contributed by atoms with E-state index in [9.17, 15) is 4.79 Å². The molecule has 1 aliphatic rings. The lowest BCUT2D eigenvalue weighted by atomic mass is 10.0. The molecule has 7 nitrogen and oxygen atoms in total. The summed E-state index contributed by atoms with van der Waals surface area (Å²) in [4.78, 5) is 22.2. The number of nitrogens with zero attached hydrogens (tertiary/aromatic N) is 6. The third-order valence-corrected chi connectivity index (χ3v) is 5.95. The Morgan fingerprint density at radius 1 is 1.06 bits per heavy atom. The fourth-order valence-corrected chi connectivity index (χ4v) is 4.39. The Balaban J connectivity index is 1.49. The first kappa shape index (κ1) is 21.3. The van der Waals surface area contributed by atoms with E-state index in [4.69, 9.17) is 0 Å². The number of rotatable bonds is 6. The number of imidazole rings is 1. The summed E-state index contributed by atoms with van der Waals surface area (Å²) in [5.74, 6) is 1.61. The van der Waals surface area contributed by atoms with E-state index in [1.54, 1.807) is 4.68 Å². The zero-order valence-electron chi connectivity index (χ0n) is 18.9. The highest BCUT2D eigenvalue weighted by atomic mass is 16.2. The number of aryl methyl sites for hydroxylation is 2. The lowest BCUT2D eigenvalue weighted by Crippen LogP contribution is -2.50. The molecule has 0 saturated carbocycles. The maximum absolute atomic E-state index is 13.2. The molecule has 0 spiro atoms. The van der Waals surface area contributed by atoms with Gasteiger partial charge < -0.3 is 9.47 Å². The number of hydrogen-bond donors (Lipinski definition) is 0. The van der Waals surface area contributed by atoms with Gasteiger partial charge in [0.1, 0.15) is 11.5 Å². The number of aromatic nitrogens is 4. The molecule has 7 heteroatoms. The van der Waals surface area contributed by atoms with Crippen LogP contribution in [0.5, 0.6) is 0 Å². The summed E-state index contributed by atoms with van der Waals surface area (Å²) in [6, 6.07) is 12.5. The van der Waals surface area contributed by atoms with Crippen LogP contribution in [-0.4, -0.2) is 61.2 Å². The molecular formula is C24H32N6O. The number of carbonyl (C=O) groups excluding carboxylic acids is 1. The second-order valence-corrected chi connectivity index (χ2v) is 8.78.